The molecular formula is C19H25N5O2. The Morgan fingerprint density at radius 2 is 2.12 bits per heavy atom. The van der Waals surface area contributed by atoms with Crippen LogP contribution in [-0.4, -0.2) is 42.8 Å². The molecule has 0 spiro atoms. The van der Waals surface area contributed by atoms with Gasteiger partial charge in [-0.3, -0.25) is 4.79 Å². The van der Waals surface area contributed by atoms with E-state index >= 15 is 0 Å². The van der Waals surface area contributed by atoms with Gasteiger partial charge in [-0.15, -0.1) is 0 Å². The maximum atomic E-state index is 12.8. The van der Waals surface area contributed by atoms with Crippen LogP contribution in [0.3, 0.4) is 0 Å². The number of rotatable bonds is 6. The van der Waals surface area contributed by atoms with Crippen molar-refractivity contribution in [3.63, 3.8) is 0 Å². The predicted molar refractivity (Wildman–Crippen MR) is 99.8 cm³/mol. The largest absolute Gasteiger partial charge is 0.395 e. The molecule has 7 nitrogen and oxygen atoms in total. The van der Waals surface area contributed by atoms with Crippen molar-refractivity contribution in [1.29, 1.82) is 0 Å². The number of fused-ring (bicyclic) bond motifs is 1. The van der Waals surface area contributed by atoms with Crippen LogP contribution in [0.15, 0.2) is 43.2 Å². The van der Waals surface area contributed by atoms with Crippen molar-refractivity contribution in [3.8, 4) is 0 Å². The third-order valence-electron chi connectivity index (χ3n) is 4.53. The van der Waals surface area contributed by atoms with Gasteiger partial charge in [0, 0.05) is 31.0 Å². The first-order valence-corrected chi connectivity index (χ1v) is 8.71. The fraction of sp³-hybridized carbons (Fsp3) is 0.421. The van der Waals surface area contributed by atoms with E-state index in [1.807, 2.05) is 21.4 Å². The van der Waals surface area contributed by atoms with E-state index < -0.39 is 0 Å². The molecule has 0 radical (unpaired) electrons. The fourth-order valence-corrected chi connectivity index (χ4v) is 2.87. The molecule has 0 aliphatic heterocycles. The SMILES string of the molecule is CC(C)(C)C(Cn1ccnc1)NC(=O)c1ccc2c(c1)ncn2CCO. The lowest BCUT2D eigenvalue weighted by Gasteiger charge is -2.31. The number of aromatic nitrogens is 4. The second kappa shape index (κ2) is 7.29. The van der Waals surface area contributed by atoms with Crippen molar-refractivity contribution in [1.82, 2.24) is 24.4 Å². The molecule has 1 atom stereocenters. The summed E-state index contributed by atoms with van der Waals surface area (Å²) in [6, 6.07) is 5.40. The third kappa shape index (κ3) is 3.94. The first-order valence-electron chi connectivity index (χ1n) is 8.71. The molecule has 0 bridgehead atoms. The van der Waals surface area contributed by atoms with Crippen LogP contribution in [-0.2, 0) is 13.1 Å². The van der Waals surface area contributed by atoms with E-state index in [2.05, 4.69) is 36.1 Å². The zero-order valence-corrected chi connectivity index (χ0v) is 15.4. The van der Waals surface area contributed by atoms with Gasteiger partial charge in [-0.05, 0) is 23.6 Å². The quantitative estimate of drug-likeness (QED) is 0.709. The Labute approximate surface area is 152 Å². The molecule has 26 heavy (non-hydrogen) atoms. The molecular weight excluding hydrogens is 330 g/mol. The summed E-state index contributed by atoms with van der Waals surface area (Å²) in [5.74, 6) is -0.122. The number of nitrogens with zero attached hydrogens (tertiary/aromatic N) is 4. The van der Waals surface area contributed by atoms with Gasteiger partial charge >= 0.3 is 0 Å². The van der Waals surface area contributed by atoms with Crippen LogP contribution in [0.4, 0.5) is 0 Å². The summed E-state index contributed by atoms with van der Waals surface area (Å²) in [6.07, 6.45) is 7.06. The van der Waals surface area contributed by atoms with Gasteiger partial charge in [-0.2, -0.15) is 0 Å². The molecule has 2 aromatic heterocycles. The van der Waals surface area contributed by atoms with Crippen molar-refractivity contribution in [3.05, 3.63) is 48.8 Å². The lowest BCUT2D eigenvalue weighted by molar-refractivity contribution is 0.0892. The highest BCUT2D eigenvalue weighted by Gasteiger charge is 2.27. The zero-order valence-electron chi connectivity index (χ0n) is 15.4. The second-order valence-corrected chi connectivity index (χ2v) is 7.52. The van der Waals surface area contributed by atoms with Gasteiger partial charge in [0.1, 0.15) is 0 Å². The summed E-state index contributed by atoms with van der Waals surface area (Å²) in [4.78, 5) is 21.2. The van der Waals surface area contributed by atoms with Crippen LogP contribution < -0.4 is 5.32 Å². The number of carbonyl (C=O) groups excluding carboxylic acids is 1. The number of carbonyl (C=O) groups is 1. The Hall–Kier alpha value is -2.67. The minimum atomic E-state index is -0.122. The Morgan fingerprint density at radius 3 is 2.77 bits per heavy atom. The molecule has 3 aromatic rings. The van der Waals surface area contributed by atoms with Crippen LogP contribution in [0.5, 0.6) is 0 Å². The van der Waals surface area contributed by atoms with Crippen LogP contribution >= 0.6 is 0 Å². The van der Waals surface area contributed by atoms with Gasteiger partial charge in [-0.1, -0.05) is 20.8 Å². The lowest BCUT2D eigenvalue weighted by atomic mass is 9.86. The molecule has 0 fully saturated rings. The van der Waals surface area contributed by atoms with Crippen molar-refractivity contribution < 1.29 is 9.90 Å². The first kappa shape index (κ1) is 18.1. The molecule has 0 saturated carbocycles. The van der Waals surface area contributed by atoms with Gasteiger partial charge in [0.25, 0.3) is 5.91 Å². The summed E-state index contributed by atoms with van der Waals surface area (Å²) in [5.41, 5.74) is 2.12. The highest BCUT2D eigenvalue weighted by atomic mass is 16.3. The predicted octanol–water partition coefficient (Wildman–Crippen LogP) is 2.07. The summed E-state index contributed by atoms with van der Waals surface area (Å²) in [7, 11) is 0. The molecule has 2 heterocycles. The molecule has 0 aliphatic carbocycles. The topological polar surface area (TPSA) is 85.0 Å². The van der Waals surface area contributed by atoms with Crippen molar-refractivity contribution in [2.75, 3.05) is 6.61 Å². The fourth-order valence-electron chi connectivity index (χ4n) is 2.87. The summed E-state index contributed by atoms with van der Waals surface area (Å²) in [5, 5.41) is 12.2. The number of aliphatic hydroxyl groups is 1. The molecule has 1 aromatic carbocycles. The molecule has 1 amide bonds. The van der Waals surface area contributed by atoms with Gasteiger partial charge in [-0.25, -0.2) is 9.97 Å². The smallest absolute Gasteiger partial charge is 0.251 e. The molecule has 2 N–H and O–H groups in total. The minimum absolute atomic E-state index is 0.0492. The number of hydrogen-bond acceptors (Lipinski definition) is 4. The molecule has 1 unspecified atom stereocenters. The van der Waals surface area contributed by atoms with Crippen molar-refractivity contribution in [2.24, 2.45) is 5.41 Å². The number of amides is 1. The Kier molecular flexibility index (Phi) is 5.08. The molecule has 0 aliphatic rings. The van der Waals surface area contributed by atoms with Gasteiger partial charge in [0.15, 0.2) is 0 Å². The van der Waals surface area contributed by atoms with E-state index in [0.29, 0.717) is 18.7 Å². The Bertz CT molecular complexity index is 877. The van der Waals surface area contributed by atoms with E-state index in [-0.39, 0.29) is 24.0 Å². The monoisotopic (exact) mass is 355 g/mol. The Morgan fingerprint density at radius 1 is 1.31 bits per heavy atom. The summed E-state index contributed by atoms with van der Waals surface area (Å²) in [6.45, 7) is 7.51. The molecule has 7 heteroatoms. The maximum absolute atomic E-state index is 12.8. The molecule has 3 rings (SSSR count). The highest BCUT2D eigenvalue weighted by molar-refractivity contribution is 5.97. The maximum Gasteiger partial charge on any atom is 0.251 e. The van der Waals surface area contributed by atoms with Crippen LogP contribution in [0.25, 0.3) is 11.0 Å². The van der Waals surface area contributed by atoms with E-state index in [1.165, 1.54) is 0 Å². The zero-order chi connectivity index (χ0) is 18.7. The van der Waals surface area contributed by atoms with Gasteiger partial charge < -0.3 is 19.6 Å². The normalized spacial score (nSPS) is 13.1. The second-order valence-electron chi connectivity index (χ2n) is 7.52. The number of nitrogens with one attached hydrogen (secondary N) is 1. The van der Waals surface area contributed by atoms with Crippen LogP contribution in [0, 0.1) is 5.41 Å². The van der Waals surface area contributed by atoms with Crippen LogP contribution in [0.2, 0.25) is 0 Å². The minimum Gasteiger partial charge on any atom is -0.395 e. The number of aliphatic hydroxyl groups excluding tert-OH is 1. The average Bonchev–Trinajstić information content (AvgIpc) is 3.23. The van der Waals surface area contributed by atoms with E-state index in [4.69, 9.17) is 5.11 Å². The number of benzene rings is 1. The third-order valence-corrected chi connectivity index (χ3v) is 4.53. The number of hydrogen-bond donors (Lipinski definition) is 2. The van der Waals surface area contributed by atoms with Crippen LogP contribution in [0.1, 0.15) is 31.1 Å². The summed E-state index contributed by atoms with van der Waals surface area (Å²) >= 11 is 0. The van der Waals surface area contributed by atoms with Gasteiger partial charge in [0.05, 0.1) is 36.3 Å². The molecule has 0 saturated heterocycles. The van der Waals surface area contributed by atoms with E-state index in [9.17, 15) is 4.79 Å². The van der Waals surface area contributed by atoms with E-state index in [1.54, 1.807) is 31.0 Å². The van der Waals surface area contributed by atoms with Crippen molar-refractivity contribution in [2.45, 2.75) is 39.9 Å². The lowest BCUT2D eigenvalue weighted by Crippen LogP contribution is -2.46. The highest BCUT2D eigenvalue weighted by Crippen LogP contribution is 2.22. The Balaban J connectivity index is 1.79. The summed E-state index contributed by atoms with van der Waals surface area (Å²) < 4.78 is 3.84. The van der Waals surface area contributed by atoms with Gasteiger partial charge in [0.2, 0.25) is 0 Å². The molecule has 138 valence electrons. The standard InChI is InChI=1S/C19H25N5O2/c1-19(2,3)17(11-23-7-6-20-12-23)22-18(26)14-4-5-16-15(10-14)21-13-24(16)8-9-25/h4-7,10,12-13,17,25H,8-9,11H2,1-3H3,(H,22,26). The number of imidazole rings is 2. The van der Waals surface area contributed by atoms with E-state index in [0.717, 1.165) is 11.0 Å². The first-order chi connectivity index (χ1) is 12.4. The average molecular weight is 355 g/mol. The van der Waals surface area contributed by atoms with Crippen molar-refractivity contribution >= 4 is 16.9 Å².